The van der Waals surface area contributed by atoms with Gasteiger partial charge in [-0.1, -0.05) is 0 Å². The molecule has 1 atom stereocenters. The molecule has 0 aromatic rings. The maximum Gasteiger partial charge on any atom is 0.220 e. The van der Waals surface area contributed by atoms with Crippen molar-refractivity contribution < 1.29 is 4.79 Å². The lowest BCUT2D eigenvalue weighted by Crippen LogP contribution is -2.30. The van der Waals surface area contributed by atoms with Crippen LogP contribution in [-0.2, 0) is 4.79 Å². The number of hydrogen-bond acceptors (Lipinski definition) is 3. The van der Waals surface area contributed by atoms with E-state index in [0.29, 0.717) is 25.4 Å². The first-order chi connectivity index (χ1) is 6.22. The number of carbonyl (C=O) groups excluding carboxylic acids is 1. The van der Waals surface area contributed by atoms with Crippen molar-refractivity contribution >= 4 is 5.91 Å². The molecular weight excluding hydrogens is 166 g/mol. The summed E-state index contributed by atoms with van der Waals surface area (Å²) in [6.07, 6.45) is 1.80. The van der Waals surface area contributed by atoms with Crippen LogP contribution < -0.4 is 11.1 Å². The van der Waals surface area contributed by atoms with E-state index in [1.807, 2.05) is 0 Å². The predicted molar refractivity (Wildman–Crippen MR) is 52.3 cm³/mol. The van der Waals surface area contributed by atoms with Gasteiger partial charge in [-0.15, -0.1) is 0 Å². The fourth-order valence-corrected chi connectivity index (χ4v) is 1.74. The van der Waals surface area contributed by atoms with Gasteiger partial charge in [0.15, 0.2) is 0 Å². The number of rotatable bonds is 4. The minimum atomic E-state index is 0.144. The topological polar surface area (TPSA) is 58.4 Å². The minimum absolute atomic E-state index is 0.144. The van der Waals surface area contributed by atoms with Gasteiger partial charge in [-0.25, -0.2) is 0 Å². The molecule has 3 N–H and O–H groups in total. The molecule has 13 heavy (non-hydrogen) atoms. The van der Waals surface area contributed by atoms with E-state index < -0.39 is 0 Å². The largest absolute Gasteiger partial charge is 0.355 e. The second-order valence-electron chi connectivity index (χ2n) is 3.76. The van der Waals surface area contributed by atoms with E-state index in [1.54, 1.807) is 0 Å². The predicted octanol–water partition coefficient (Wildman–Crippen LogP) is -0.597. The number of hydrogen-bond donors (Lipinski definition) is 2. The Morgan fingerprint density at radius 2 is 2.46 bits per heavy atom. The van der Waals surface area contributed by atoms with E-state index in [-0.39, 0.29) is 5.91 Å². The van der Waals surface area contributed by atoms with Gasteiger partial charge in [0.1, 0.15) is 0 Å². The van der Waals surface area contributed by atoms with Gasteiger partial charge in [-0.05, 0) is 25.9 Å². The van der Waals surface area contributed by atoms with E-state index in [2.05, 4.69) is 17.3 Å². The molecule has 0 aromatic carbocycles. The molecule has 1 saturated heterocycles. The SMILES string of the molecule is CN1CCC(CC(=O)NCCN)C1. The summed E-state index contributed by atoms with van der Waals surface area (Å²) in [7, 11) is 2.10. The molecule has 1 rings (SSSR count). The fraction of sp³-hybridized carbons (Fsp3) is 0.889. The monoisotopic (exact) mass is 185 g/mol. The Balaban J connectivity index is 2.13. The third kappa shape index (κ3) is 3.74. The summed E-state index contributed by atoms with van der Waals surface area (Å²) < 4.78 is 0. The van der Waals surface area contributed by atoms with Crippen LogP contribution in [0.25, 0.3) is 0 Å². The average molecular weight is 185 g/mol. The molecule has 4 heteroatoms. The summed E-state index contributed by atoms with van der Waals surface area (Å²) >= 11 is 0. The lowest BCUT2D eigenvalue weighted by Gasteiger charge is -2.09. The highest BCUT2D eigenvalue weighted by atomic mass is 16.1. The smallest absolute Gasteiger partial charge is 0.220 e. The molecular formula is C9H19N3O. The first kappa shape index (κ1) is 10.5. The van der Waals surface area contributed by atoms with Crippen molar-refractivity contribution in [2.24, 2.45) is 11.7 Å². The van der Waals surface area contributed by atoms with Crippen molar-refractivity contribution in [1.29, 1.82) is 0 Å². The zero-order chi connectivity index (χ0) is 9.68. The standard InChI is InChI=1S/C9H19N3O/c1-12-5-2-8(7-12)6-9(13)11-4-3-10/h8H,2-7,10H2,1H3,(H,11,13). The van der Waals surface area contributed by atoms with Crippen LogP contribution in [0.3, 0.4) is 0 Å². The highest BCUT2D eigenvalue weighted by Gasteiger charge is 2.21. The van der Waals surface area contributed by atoms with E-state index >= 15 is 0 Å². The number of likely N-dealkylation sites (tertiary alicyclic amines) is 1. The molecule has 1 aliphatic rings. The Hall–Kier alpha value is -0.610. The minimum Gasteiger partial charge on any atom is -0.355 e. The maximum absolute atomic E-state index is 11.3. The van der Waals surface area contributed by atoms with Crippen molar-refractivity contribution in [3.8, 4) is 0 Å². The van der Waals surface area contributed by atoms with Gasteiger partial charge in [0.25, 0.3) is 0 Å². The van der Waals surface area contributed by atoms with E-state index in [1.165, 1.54) is 0 Å². The van der Waals surface area contributed by atoms with Gasteiger partial charge in [0.2, 0.25) is 5.91 Å². The molecule has 0 spiro atoms. The Labute approximate surface area is 79.5 Å². The second-order valence-corrected chi connectivity index (χ2v) is 3.76. The quantitative estimate of drug-likeness (QED) is 0.615. The molecule has 0 bridgehead atoms. The van der Waals surface area contributed by atoms with Crippen LogP contribution in [0, 0.1) is 5.92 Å². The van der Waals surface area contributed by atoms with Crippen LogP contribution in [0.4, 0.5) is 0 Å². The highest BCUT2D eigenvalue weighted by molar-refractivity contribution is 5.76. The number of nitrogens with zero attached hydrogens (tertiary/aromatic N) is 1. The summed E-state index contributed by atoms with van der Waals surface area (Å²) in [6.45, 7) is 3.29. The molecule has 1 amide bonds. The maximum atomic E-state index is 11.3. The molecule has 4 nitrogen and oxygen atoms in total. The van der Waals surface area contributed by atoms with Crippen molar-refractivity contribution in [2.45, 2.75) is 12.8 Å². The van der Waals surface area contributed by atoms with Crippen molar-refractivity contribution in [2.75, 3.05) is 33.2 Å². The fourth-order valence-electron chi connectivity index (χ4n) is 1.74. The molecule has 0 aliphatic carbocycles. The first-order valence-electron chi connectivity index (χ1n) is 4.87. The van der Waals surface area contributed by atoms with Crippen LogP contribution in [0.1, 0.15) is 12.8 Å². The van der Waals surface area contributed by atoms with Crippen LogP contribution in [0.5, 0.6) is 0 Å². The molecule has 76 valence electrons. The van der Waals surface area contributed by atoms with Crippen molar-refractivity contribution in [1.82, 2.24) is 10.2 Å². The van der Waals surface area contributed by atoms with Crippen molar-refractivity contribution in [3.63, 3.8) is 0 Å². The average Bonchev–Trinajstić information content (AvgIpc) is 2.48. The molecule has 1 unspecified atom stereocenters. The van der Waals surface area contributed by atoms with E-state index in [4.69, 9.17) is 5.73 Å². The summed E-state index contributed by atoms with van der Waals surface area (Å²) in [6, 6.07) is 0. The van der Waals surface area contributed by atoms with Crippen LogP contribution >= 0.6 is 0 Å². The highest BCUT2D eigenvalue weighted by Crippen LogP contribution is 2.17. The summed E-state index contributed by atoms with van der Waals surface area (Å²) in [5, 5.41) is 2.79. The molecule has 0 radical (unpaired) electrons. The summed E-state index contributed by atoms with van der Waals surface area (Å²) in [4.78, 5) is 13.5. The number of carbonyl (C=O) groups is 1. The molecule has 1 fully saturated rings. The lowest BCUT2D eigenvalue weighted by atomic mass is 10.0. The molecule has 0 aromatic heterocycles. The number of amides is 1. The summed E-state index contributed by atoms with van der Waals surface area (Å²) in [5.41, 5.74) is 5.28. The number of nitrogens with two attached hydrogens (primary N) is 1. The van der Waals surface area contributed by atoms with Gasteiger partial charge in [-0.2, -0.15) is 0 Å². The lowest BCUT2D eigenvalue weighted by molar-refractivity contribution is -0.121. The van der Waals surface area contributed by atoms with Gasteiger partial charge < -0.3 is 16.0 Å². The number of nitrogens with one attached hydrogen (secondary N) is 1. The van der Waals surface area contributed by atoms with Gasteiger partial charge in [0, 0.05) is 26.1 Å². The molecule has 1 aliphatic heterocycles. The van der Waals surface area contributed by atoms with Gasteiger partial charge >= 0.3 is 0 Å². The zero-order valence-electron chi connectivity index (χ0n) is 8.25. The summed E-state index contributed by atoms with van der Waals surface area (Å²) in [5.74, 6) is 0.688. The Morgan fingerprint density at radius 3 is 3.00 bits per heavy atom. The van der Waals surface area contributed by atoms with E-state index in [9.17, 15) is 4.79 Å². The zero-order valence-corrected chi connectivity index (χ0v) is 8.25. The van der Waals surface area contributed by atoms with Gasteiger partial charge in [-0.3, -0.25) is 4.79 Å². The third-order valence-corrected chi connectivity index (χ3v) is 2.43. The van der Waals surface area contributed by atoms with Crippen molar-refractivity contribution in [3.05, 3.63) is 0 Å². The van der Waals surface area contributed by atoms with Crippen LogP contribution in [0.2, 0.25) is 0 Å². The molecule has 1 heterocycles. The second kappa shape index (κ2) is 5.19. The Kier molecular flexibility index (Phi) is 4.18. The van der Waals surface area contributed by atoms with E-state index in [0.717, 1.165) is 19.5 Å². The van der Waals surface area contributed by atoms with Crippen LogP contribution in [-0.4, -0.2) is 44.0 Å². The Morgan fingerprint density at radius 1 is 1.69 bits per heavy atom. The third-order valence-electron chi connectivity index (χ3n) is 2.43. The first-order valence-corrected chi connectivity index (χ1v) is 4.87. The van der Waals surface area contributed by atoms with Crippen LogP contribution in [0.15, 0.2) is 0 Å². The van der Waals surface area contributed by atoms with Gasteiger partial charge in [0.05, 0.1) is 0 Å². The normalized spacial score (nSPS) is 23.4. The molecule has 0 saturated carbocycles. The Bertz CT molecular complexity index is 172.